The SMILES string of the molecule is COc1cccc(CCC(=O)CN2CCNCC2)c1. The Labute approximate surface area is 114 Å². The van der Waals surface area contributed by atoms with Crippen molar-refractivity contribution in [1.29, 1.82) is 0 Å². The van der Waals surface area contributed by atoms with Crippen LogP contribution in [0.3, 0.4) is 0 Å². The number of benzene rings is 1. The van der Waals surface area contributed by atoms with Gasteiger partial charge in [0.05, 0.1) is 13.7 Å². The predicted molar refractivity (Wildman–Crippen MR) is 75.6 cm³/mol. The maximum absolute atomic E-state index is 11.9. The molecule has 0 aliphatic carbocycles. The van der Waals surface area contributed by atoms with Gasteiger partial charge in [-0.15, -0.1) is 0 Å². The Morgan fingerprint density at radius 3 is 2.89 bits per heavy atom. The Bertz CT molecular complexity index is 414. The first kappa shape index (κ1) is 14.0. The molecule has 0 atom stereocenters. The van der Waals surface area contributed by atoms with Crippen LogP contribution >= 0.6 is 0 Å². The van der Waals surface area contributed by atoms with E-state index in [0.29, 0.717) is 18.7 Å². The second-order valence-electron chi connectivity index (χ2n) is 4.92. The van der Waals surface area contributed by atoms with Crippen molar-refractivity contribution in [2.45, 2.75) is 12.8 Å². The minimum Gasteiger partial charge on any atom is -0.497 e. The van der Waals surface area contributed by atoms with Gasteiger partial charge in [-0.1, -0.05) is 12.1 Å². The van der Waals surface area contributed by atoms with Gasteiger partial charge in [0.15, 0.2) is 0 Å². The number of ketones is 1. The van der Waals surface area contributed by atoms with Gasteiger partial charge in [0, 0.05) is 32.6 Å². The molecule has 1 aliphatic heterocycles. The van der Waals surface area contributed by atoms with E-state index in [0.717, 1.165) is 43.9 Å². The standard InChI is InChI=1S/C15H22N2O2/c1-19-15-4-2-3-13(11-15)5-6-14(18)12-17-9-7-16-8-10-17/h2-4,11,16H,5-10,12H2,1H3. The largest absolute Gasteiger partial charge is 0.497 e. The van der Waals surface area contributed by atoms with E-state index in [-0.39, 0.29) is 0 Å². The van der Waals surface area contributed by atoms with Crippen molar-refractivity contribution in [2.75, 3.05) is 39.8 Å². The summed E-state index contributed by atoms with van der Waals surface area (Å²) in [5.74, 6) is 1.18. The van der Waals surface area contributed by atoms with Gasteiger partial charge in [-0.3, -0.25) is 9.69 Å². The Kier molecular flexibility index (Phi) is 5.36. The highest BCUT2D eigenvalue weighted by atomic mass is 16.5. The zero-order valence-electron chi connectivity index (χ0n) is 11.5. The zero-order valence-corrected chi connectivity index (χ0v) is 11.5. The number of methoxy groups -OCH3 is 1. The van der Waals surface area contributed by atoms with Crippen LogP contribution in [-0.4, -0.2) is 50.5 Å². The Morgan fingerprint density at radius 1 is 1.37 bits per heavy atom. The van der Waals surface area contributed by atoms with E-state index in [1.54, 1.807) is 7.11 Å². The number of aryl methyl sites for hydroxylation is 1. The molecule has 104 valence electrons. The molecule has 0 aromatic heterocycles. The normalized spacial score (nSPS) is 16.3. The van der Waals surface area contributed by atoms with Crippen LogP contribution in [0, 0.1) is 0 Å². The summed E-state index contributed by atoms with van der Waals surface area (Å²) in [5.41, 5.74) is 1.16. The molecule has 4 heteroatoms. The molecule has 19 heavy (non-hydrogen) atoms. The number of nitrogens with zero attached hydrogens (tertiary/aromatic N) is 1. The van der Waals surface area contributed by atoms with Crippen LogP contribution in [0.1, 0.15) is 12.0 Å². The molecule has 1 aromatic rings. The minimum atomic E-state index is 0.324. The van der Waals surface area contributed by atoms with Crippen molar-refractivity contribution in [1.82, 2.24) is 10.2 Å². The summed E-state index contributed by atoms with van der Waals surface area (Å²) in [6.45, 7) is 4.52. The third kappa shape index (κ3) is 4.65. The molecule has 1 aromatic carbocycles. The first-order valence-corrected chi connectivity index (χ1v) is 6.85. The average molecular weight is 262 g/mol. The smallest absolute Gasteiger partial charge is 0.147 e. The highest BCUT2D eigenvalue weighted by Gasteiger charge is 2.13. The molecule has 1 N–H and O–H groups in total. The molecule has 0 unspecified atom stereocenters. The third-order valence-corrected chi connectivity index (χ3v) is 3.44. The number of piperazine rings is 1. The summed E-state index contributed by atoms with van der Waals surface area (Å²) in [5, 5.41) is 3.29. The monoisotopic (exact) mass is 262 g/mol. The summed E-state index contributed by atoms with van der Waals surface area (Å²) in [4.78, 5) is 14.2. The van der Waals surface area contributed by atoms with Gasteiger partial charge in [-0.05, 0) is 24.1 Å². The molecule has 0 amide bonds. The van der Waals surface area contributed by atoms with E-state index in [9.17, 15) is 4.79 Å². The van der Waals surface area contributed by atoms with Crippen molar-refractivity contribution in [3.05, 3.63) is 29.8 Å². The van der Waals surface area contributed by atoms with E-state index < -0.39 is 0 Å². The first-order chi connectivity index (χ1) is 9.28. The van der Waals surface area contributed by atoms with Gasteiger partial charge < -0.3 is 10.1 Å². The summed E-state index contributed by atoms with van der Waals surface area (Å²) >= 11 is 0. The molecular weight excluding hydrogens is 240 g/mol. The number of hydrogen-bond donors (Lipinski definition) is 1. The van der Waals surface area contributed by atoms with E-state index in [1.165, 1.54) is 0 Å². The quantitative estimate of drug-likeness (QED) is 0.833. The number of nitrogens with one attached hydrogen (secondary N) is 1. The lowest BCUT2D eigenvalue weighted by Gasteiger charge is -2.26. The van der Waals surface area contributed by atoms with Crippen LogP contribution in [0.25, 0.3) is 0 Å². The molecule has 1 heterocycles. The fraction of sp³-hybridized carbons (Fsp3) is 0.533. The molecule has 0 radical (unpaired) electrons. The summed E-state index contributed by atoms with van der Waals surface area (Å²) in [6, 6.07) is 7.93. The molecule has 0 bridgehead atoms. The fourth-order valence-electron chi connectivity index (χ4n) is 2.31. The van der Waals surface area contributed by atoms with Crippen LogP contribution in [0.5, 0.6) is 5.75 Å². The number of hydrogen-bond acceptors (Lipinski definition) is 4. The van der Waals surface area contributed by atoms with Crippen LogP contribution in [0.4, 0.5) is 0 Å². The number of carbonyl (C=O) groups is 1. The average Bonchev–Trinajstić information content (AvgIpc) is 2.46. The maximum atomic E-state index is 11.9. The number of carbonyl (C=O) groups excluding carboxylic acids is 1. The molecule has 0 spiro atoms. The van der Waals surface area contributed by atoms with Crippen LogP contribution in [0.2, 0.25) is 0 Å². The van der Waals surface area contributed by atoms with Gasteiger partial charge in [-0.25, -0.2) is 0 Å². The van der Waals surface area contributed by atoms with Gasteiger partial charge in [0.1, 0.15) is 11.5 Å². The van der Waals surface area contributed by atoms with Crippen molar-refractivity contribution in [3.63, 3.8) is 0 Å². The Morgan fingerprint density at radius 2 is 2.16 bits per heavy atom. The van der Waals surface area contributed by atoms with Crippen molar-refractivity contribution in [3.8, 4) is 5.75 Å². The van der Waals surface area contributed by atoms with Crippen molar-refractivity contribution >= 4 is 5.78 Å². The molecule has 1 saturated heterocycles. The van der Waals surface area contributed by atoms with Crippen molar-refractivity contribution in [2.24, 2.45) is 0 Å². The summed E-state index contributed by atoms with van der Waals surface area (Å²) in [7, 11) is 1.66. The first-order valence-electron chi connectivity index (χ1n) is 6.85. The van der Waals surface area contributed by atoms with Gasteiger partial charge in [0.25, 0.3) is 0 Å². The second kappa shape index (κ2) is 7.26. The molecule has 0 saturated carbocycles. The third-order valence-electron chi connectivity index (χ3n) is 3.44. The Hall–Kier alpha value is -1.39. The summed E-state index contributed by atoms with van der Waals surface area (Å²) in [6.07, 6.45) is 1.40. The topological polar surface area (TPSA) is 41.6 Å². The highest BCUT2D eigenvalue weighted by Crippen LogP contribution is 2.14. The van der Waals surface area contributed by atoms with Crippen LogP contribution < -0.4 is 10.1 Å². The molecule has 1 fully saturated rings. The lowest BCUT2D eigenvalue weighted by molar-refractivity contribution is -0.120. The van der Waals surface area contributed by atoms with Crippen LogP contribution in [0.15, 0.2) is 24.3 Å². The maximum Gasteiger partial charge on any atom is 0.147 e. The fourth-order valence-corrected chi connectivity index (χ4v) is 2.31. The minimum absolute atomic E-state index is 0.324. The van der Waals surface area contributed by atoms with Gasteiger partial charge >= 0.3 is 0 Å². The lowest BCUT2D eigenvalue weighted by Crippen LogP contribution is -2.45. The molecule has 4 nitrogen and oxygen atoms in total. The molecular formula is C15H22N2O2. The lowest BCUT2D eigenvalue weighted by atomic mass is 10.1. The van der Waals surface area contributed by atoms with Gasteiger partial charge in [-0.2, -0.15) is 0 Å². The van der Waals surface area contributed by atoms with E-state index in [4.69, 9.17) is 4.74 Å². The molecule has 2 rings (SSSR count). The van der Waals surface area contributed by atoms with E-state index in [1.807, 2.05) is 24.3 Å². The molecule has 1 aliphatic rings. The van der Waals surface area contributed by atoms with E-state index in [2.05, 4.69) is 10.2 Å². The highest BCUT2D eigenvalue weighted by molar-refractivity contribution is 5.80. The van der Waals surface area contributed by atoms with Gasteiger partial charge in [0.2, 0.25) is 0 Å². The van der Waals surface area contributed by atoms with Crippen molar-refractivity contribution < 1.29 is 9.53 Å². The number of Topliss-reactive ketones (excluding diaryl/α,β-unsaturated/α-hetero) is 1. The Balaban J connectivity index is 1.76. The number of rotatable bonds is 6. The summed E-state index contributed by atoms with van der Waals surface area (Å²) < 4.78 is 5.18. The second-order valence-corrected chi connectivity index (χ2v) is 4.92. The van der Waals surface area contributed by atoms with Crippen LogP contribution in [-0.2, 0) is 11.2 Å². The van der Waals surface area contributed by atoms with E-state index >= 15 is 0 Å². The number of ether oxygens (including phenoxy) is 1. The predicted octanol–water partition coefficient (Wildman–Crippen LogP) is 1.10. The zero-order chi connectivity index (χ0) is 13.5.